The molecule has 4 heteroatoms. The van der Waals surface area contributed by atoms with E-state index in [1.54, 1.807) is 0 Å². The van der Waals surface area contributed by atoms with E-state index in [1.807, 2.05) is 6.08 Å². The van der Waals surface area contributed by atoms with Gasteiger partial charge in [-0.05, 0) is 24.8 Å². The van der Waals surface area contributed by atoms with Gasteiger partial charge >= 0.3 is 5.97 Å². The maximum Gasteiger partial charge on any atom is 0.322 e. The van der Waals surface area contributed by atoms with Crippen molar-refractivity contribution in [2.75, 3.05) is 6.54 Å². The summed E-state index contributed by atoms with van der Waals surface area (Å²) in [5.41, 5.74) is 0. The van der Waals surface area contributed by atoms with Gasteiger partial charge in [0.2, 0.25) is 5.91 Å². The third-order valence-electron chi connectivity index (χ3n) is 1.56. The summed E-state index contributed by atoms with van der Waals surface area (Å²) < 4.78 is 0. The zero-order chi connectivity index (χ0) is 8.97. The lowest BCUT2D eigenvalue weighted by atomic mass is 10.3. The summed E-state index contributed by atoms with van der Waals surface area (Å²) >= 11 is 0. The molecule has 0 aromatic heterocycles. The van der Waals surface area contributed by atoms with Crippen LogP contribution in [0.2, 0.25) is 0 Å². The lowest BCUT2D eigenvalue weighted by Crippen LogP contribution is -2.27. The summed E-state index contributed by atoms with van der Waals surface area (Å²) in [4.78, 5) is 20.8. The highest BCUT2D eigenvalue weighted by atomic mass is 16.4. The highest BCUT2D eigenvalue weighted by Gasteiger charge is 2.17. The predicted octanol–water partition coefficient (Wildman–Crippen LogP) is 0.153. The molecule has 0 aliphatic heterocycles. The Balaban J connectivity index is 2.14. The fraction of sp³-hybridized carbons (Fsp3) is 0.500. The molecule has 0 aromatic rings. The Morgan fingerprint density at radius 2 is 2.17 bits per heavy atom. The summed E-state index contributed by atoms with van der Waals surface area (Å²) in [6, 6.07) is 0. The van der Waals surface area contributed by atoms with Crippen molar-refractivity contribution in [2.24, 2.45) is 5.92 Å². The average Bonchev–Trinajstić information content (AvgIpc) is 2.80. The highest BCUT2D eigenvalue weighted by molar-refractivity contribution is 5.89. The second-order valence-electron chi connectivity index (χ2n) is 2.81. The van der Waals surface area contributed by atoms with Crippen LogP contribution in [0.1, 0.15) is 12.8 Å². The summed E-state index contributed by atoms with van der Waals surface area (Å²) in [6.07, 6.45) is 5.50. The van der Waals surface area contributed by atoms with Crippen LogP contribution in [0.5, 0.6) is 0 Å². The van der Waals surface area contributed by atoms with Gasteiger partial charge in [-0.2, -0.15) is 0 Å². The summed E-state index contributed by atoms with van der Waals surface area (Å²) in [7, 11) is 0. The van der Waals surface area contributed by atoms with Crippen LogP contribution < -0.4 is 5.32 Å². The van der Waals surface area contributed by atoms with Crippen LogP contribution in [0.25, 0.3) is 0 Å². The number of carboxylic acids is 1. The van der Waals surface area contributed by atoms with E-state index in [0.29, 0.717) is 5.92 Å². The average molecular weight is 169 g/mol. The lowest BCUT2D eigenvalue weighted by Gasteiger charge is -1.94. The molecule has 0 unspecified atom stereocenters. The Bertz CT molecular complexity index is 218. The summed E-state index contributed by atoms with van der Waals surface area (Å²) in [6.45, 7) is -0.312. The van der Waals surface area contributed by atoms with Gasteiger partial charge in [0.05, 0.1) is 0 Å². The molecule has 0 aromatic carbocycles. The standard InChI is InChI=1S/C8H11NO3/c10-7(9-5-8(11)12)4-3-6-1-2-6/h3-4,6H,1-2,5H2,(H,9,10)(H,11,12)/b4-3+. The van der Waals surface area contributed by atoms with Gasteiger partial charge in [-0.3, -0.25) is 9.59 Å². The Morgan fingerprint density at radius 3 is 2.67 bits per heavy atom. The van der Waals surface area contributed by atoms with Crippen LogP contribution in [0.15, 0.2) is 12.2 Å². The SMILES string of the molecule is O=C(O)CNC(=O)/C=C/C1CC1. The van der Waals surface area contributed by atoms with Crippen molar-refractivity contribution in [3.63, 3.8) is 0 Å². The van der Waals surface area contributed by atoms with Gasteiger partial charge in [0.15, 0.2) is 0 Å². The first-order valence-corrected chi connectivity index (χ1v) is 3.86. The molecule has 1 fully saturated rings. The zero-order valence-electron chi connectivity index (χ0n) is 6.62. The number of aliphatic carboxylic acids is 1. The van der Waals surface area contributed by atoms with E-state index in [2.05, 4.69) is 5.32 Å². The lowest BCUT2D eigenvalue weighted by molar-refractivity contribution is -0.137. The molecule has 4 nitrogen and oxygen atoms in total. The second kappa shape index (κ2) is 3.90. The molecule has 1 rings (SSSR count). The molecule has 1 aliphatic carbocycles. The predicted molar refractivity (Wildman–Crippen MR) is 42.5 cm³/mol. The summed E-state index contributed by atoms with van der Waals surface area (Å²) in [5.74, 6) is -0.812. The molecule has 0 atom stereocenters. The number of carbonyl (C=O) groups excluding carboxylic acids is 1. The minimum absolute atomic E-state index is 0.312. The number of carbonyl (C=O) groups is 2. The Labute approximate surface area is 70.3 Å². The van der Waals surface area contributed by atoms with Crippen LogP contribution >= 0.6 is 0 Å². The molecular formula is C8H11NO3. The number of nitrogens with one attached hydrogen (secondary N) is 1. The van der Waals surface area contributed by atoms with Crippen LogP contribution in [0, 0.1) is 5.92 Å². The van der Waals surface area contributed by atoms with Gasteiger partial charge in [-0.1, -0.05) is 6.08 Å². The van der Waals surface area contributed by atoms with Gasteiger partial charge in [-0.15, -0.1) is 0 Å². The van der Waals surface area contributed by atoms with Crippen LogP contribution in [0.4, 0.5) is 0 Å². The van der Waals surface area contributed by atoms with Crippen molar-refractivity contribution in [1.82, 2.24) is 5.32 Å². The molecule has 12 heavy (non-hydrogen) atoms. The van der Waals surface area contributed by atoms with Crippen molar-refractivity contribution < 1.29 is 14.7 Å². The van der Waals surface area contributed by atoms with Gasteiger partial charge in [0, 0.05) is 0 Å². The van der Waals surface area contributed by atoms with E-state index in [9.17, 15) is 9.59 Å². The maximum absolute atomic E-state index is 10.8. The topological polar surface area (TPSA) is 66.4 Å². The van der Waals surface area contributed by atoms with Crippen molar-refractivity contribution in [2.45, 2.75) is 12.8 Å². The first-order chi connectivity index (χ1) is 5.68. The largest absolute Gasteiger partial charge is 0.480 e. The van der Waals surface area contributed by atoms with Gasteiger partial charge < -0.3 is 10.4 Å². The second-order valence-corrected chi connectivity index (χ2v) is 2.81. The molecule has 0 radical (unpaired) electrons. The van der Waals surface area contributed by atoms with E-state index >= 15 is 0 Å². The van der Waals surface area contributed by atoms with Crippen molar-refractivity contribution >= 4 is 11.9 Å². The molecule has 1 amide bonds. The van der Waals surface area contributed by atoms with Gasteiger partial charge in [0.25, 0.3) is 0 Å². The molecule has 0 bridgehead atoms. The Morgan fingerprint density at radius 1 is 1.50 bits per heavy atom. The van der Waals surface area contributed by atoms with E-state index in [0.717, 1.165) is 12.8 Å². The normalized spacial score (nSPS) is 16.3. The number of hydrogen-bond donors (Lipinski definition) is 2. The van der Waals surface area contributed by atoms with E-state index in [4.69, 9.17) is 5.11 Å². The van der Waals surface area contributed by atoms with E-state index < -0.39 is 5.97 Å². The van der Waals surface area contributed by atoms with Crippen molar-refractivity contribution in [3.8, 4) is 0 Å². The van der Waals surface area contributed by atoms with Crippen LogP contribution in [-0.4, -0.2) is 23.5 Å². The molecule has 0 spiro atoms. The molecule has 1 aliphatic rings. The van der Waals surface area contributed by atoms with Gasteiger partial charge in [-0.25, -0.2) is 0 Å². The molecule has 1 saturated carbocycles. The maximum atomic E-state index is 10.8. The number of carboxylic acid groups (broad SMARTS) is 1. The fourth-order valence-electron chi connectivity index (χ4n) is 0.734. The van der Waals surface area contributed by atoms with Crippen molar-refractivity contribution in [3.05, 3.63) is 12.2 Å². The van der Waals surface area contributed by atoms with E-state index in [1.165, 1.54) is 6.08 Å². The van der Waals surface area contributed by atoms with Crippen LogP contribution in [-0.2, 0) is 9.59 Å². The smallest absolute Gasteiger partial charge is 0.322 e. The molecule has 0 heterocycles. The minimum atomic E-state index is -1.02. The monoisotopic (exact) mass is 169 g/mol. The first kappa shape index (κ1) is 8.77. The van der Waals surface area contributed by atoms with Gasteiger partial charge in [0.1, 0.15) is 6.54 Å². The van der Waals surface area contributed by atoms with Crippen molar-refractivity contribution in [1.29, 1.82) is 0 Å². The number of rotatable bonds is 4. The number of amides is 1. The molecule has 66 valence electrons. The Hall–Kier alpha value is -1.32. The van der Waals surface area contributed by atoms with E-state index in [-0.39, 0.29) is 12.5 Å². The molecular weight excluding hydrogens is 158 g/mol. The molecule has 2 N–H and O–H groups in total. The summed E-state index contributed by atoms with van der Waals surface area (Å²) in [5, 5.41) is 10.5. The quantitative estimate of drug-likeness (QED) is 0.589. The highest BCUT2D eigenvalue weighted by Crippen LogP contribution is 2.29. The number of allylic oxidation sites excluding steroid dienone is 1. The molecule has 0 saturated heterocycles. The fourth-order valence-corrected chi connectivity index (χ4v) is 0.734. The number of hydrogen-bond acceptors (Lipinski definition) is 2. The third-order valence-corrected chi connectivity index (χ3v) is 1.56. The third kappa shape index (κ3) is 3.75. The Kier molecular flexibility index (Phi) is 2.85. The first-order valence-electron chi connectivity index (χ1n) is 3.86. The minimum Gasteiger partial charge on any atom is -0.480 e. The van der Waals surface area contributed by atoms with Crippen LogP contribution in [0.3, 0.4) is 0 Å². The zero-order valence-corrected chi connectivity index (χ0v) is 6.62.